The minimum atomic E-state index is -0.563. The zero-order valence-corrected chi connectivity index (χ0v) is 13.0. The van der Waals surface area contributed by atoms with Crippen molar-refractivity contribution >= 4 is 28.9 Å². The van der Waals surface area contributed by atoms with Crippen molar-refractivity contribution in [2.45, 2.75) is 25.2 Å². The molecule has 3 rings (SSSR count). The van der Waals surface area contributed by atoms with Gasteiger partial charge in [0.25, 0.3) is 0 Å². The Labute approximate surface area is 134 Å². The first kappa shape index (κ1) is 14.7. The Kier molecular flexibility index (Phi) is 4.37. The number of benzene rings is 2. The number of hydrogen-bond donors (Lipinski definition) is 1. The smallest absolute Gasteiger partial charge is 0.160 e. The Morgan fingerprint density at radius 2 is 1.86 bits per heavy atom. The summed E-state index contributed by atoms with van der Waals surface area (Å²) in [5, 5.41) is 3.43. The van der Waals surface area contributed by atoms with Gasteiger partial charge in [0.05, 0.1) is 10.0 Å². The maximum atomic E-state index is 13.4. The van der Waals surface area contributed by atoms with Crippen LogP contribution in [0.3, 0.4) is 0 Å². The van der Waals surface area contributed by atoms with Crippen LogP contribution in [0, 0.1) is 5.82 Å². The quantitative estimate of drug-likeness (QED) is 0.718. The van der Waals surface area contributed by atoms with Crippen LogP contribution in [0.1, 0.15) is 29.9 Å². The highest BCUT2D eigenvalue weighted by Gasteiger charge is 2.19. The number of hydrogen-bond acceptors (Lipinski definition) is 1. The molecule has 0 fully saturated rings. The van der Waals surface area contributed by atoms with Gasteiger partial charge in [-0.05, 0) is 42.5 Å². The molecule has 1 N–H and O–H groups in total. The topological polar surface area (TPSA) is 12.0 Å². The minimum Gasteiger partial charge on any atom is -0.384 e. The Balaban J connectivity index is 1.74. The van der Waals surface area contributed by atoms with Crippen LogP contribution >= 0.6 is 23.2 Å². The van der Waals surface area contributed by atoms with Crippen LogP contribution in [-0.2, 0) is 6.42 Å². The number of rotatable bonds is 3. The number of aryl methyl sites for hydroxylation is 1. The van der Waals surface area contributed by atoms with Gasteiger partial charge < -0.3 is 5.32 Å². The standard InChI is InChI=1S/C17H16Cl2FN/c18-15-8-13(9-16(19)17(15)20)21-10-12-6-3-5-11-4-1-2-7-14(11)12/h1-2,4,7-9,12,21H,3,5-6,10H2. The van der Waals surface area contributed by atoms with E-state index < -0.39 is 5.82 Å². The van der Waals surface area contributed by atoms with E-state index in [4.69, 9.17) is 23.2 Å². The predicted molar refractivity (Wildman–Crippen MR) is 87.0 cm³/mol. The molecule has 0 aliphatic heterocycles. The molecule has 21 heavy (non-hydrogen) atoms. The Morgan fingerprint density at radius 1 is 1.14 bits per heavy atom. The molecule has 0 aromatic heterocycles. The van der Waals surface area contributed by atoms with E-state index in [1.165, 1.54) is 17.5 Å². The molecule has 0 saturated carbocycles. The molecule has 1 atom stereocenters. The van der Waals surface area contributed by atoms with E-state index in [0.717, 1.165) is 25.1 Å². The minimum absolute atomic E-state index is 0.0500. The zero-order valence-electron chi connectivity index (χ0n) is 11.5. The van der Waals surface area contributed by atoms with E-state index in [2.05, 4.69) is 29.6 Å². The number of nitrogens with one attached hydrogen (secondary N) is 1. The maximum Gasteiger partial charge on any atom is 0.160 e. The second-order valence-electron chi connectivity index (χ2n) is 5.42. The summed E-state index contributed by atoms with van der Waals surface area (Å²) < 4.78 is 13.4. The van der Waals surface area contributed by atoms with Crippen molar-refractivity contribution in [2.24, 2.45) is 0 Å². The van der Waals surface area contributed by atoms with Crippen LogP contribution in [0.4, 0.5) is 10.1 Å². The second kappa shape index (κ2) is 6.25. The van der Waals surface area contributed by atoms with Crippen molar-refractivity contribution in [2.75, 3.05) is 11.9 Å². The first-order chi connectivity index (χ1) is 10.1. The summed E-state index contributed by atoms with van der Waals surface area (Å²) in [6.45, 7) is 0.801. The monoisotopic (exact) mass is 323 g/mol. The fourth-order valence-electron chi connectivity index (χ4n) is 2.97. The van der Waals surface area contributed by atoms with Gasteiger partial charge in [0.2, 0.25) is 0 Å². The molecule has 4 heteroatoms. The molecule has 0 heterocycles. The molecule has 0 radical (unpaired) electrons. The van der Waals surface area contributed by atoms with Gasteiger partial charge in [0.15, 0.2) is 5.82 Å². The Bertz CT molecular complexity index is 634. The molecular formula is C17H16Cl2FN. The Hall–Kier alpha value is -1.25. The number of anilines is 1. The lowest BCUT2D eigenvalue weighted by molar-refractivity contribution is 0.571. The molecule has 0 saturated heterocycles. The molecule has 1 aliphatic rings. The van der Waals surface area contributed by atoms with Crippen molar-refractivity contribution in [3.8, 4) is 0 Å². The summed E-state index contributed by atoms with van der Waals surface area (Å²) in [4.78, 5) is 0. The van der Waals surface area contributed by atoms with E-state index in [-0.39, 0.29) is 10.0 Å². The van der Waals surface area contributed by atoms with Crippen LogP contribution in [0.2, 0.25) is 10.0 Å². The number of fused-ring (bicyclic) bond motifs is 1. The SMILES string of the molecule is Fc1c(Cl)cc(NCC2CCCc3ccccc32)cc1Cl. The molecule has 0 amide bonds. The van der Waals surface area contributed by atoms with Gasteiger partial charge in [-0.3, -0.25) is 0 Å². The van der Waals surface area contributed by atoms with E-state index in [0.29, 0.717) is 5.92 Å². The first-order valence-corrected chi connectivity index (χ1v) is 7.87. The van der Waals surface area contributed by atoms with Gasteiger partial charge in [-0.15, -0.1) is 0 Å². The van der Waals surface area contributed by atoms with Gasteiger partial charge in [-0.25, -0.2) is 4.39 Å². The third-order valence-electron chi connectivity index (χ3n) is 4.03. The van der Waals surface area contributed by atoms with E-state index in [1.807, 2.05) is 0 Å². The third-order valence-corrected chi connectivity index (χ3v) is 4.58. The molecule has 0 spiro atoms. The normalized spacial score (nSPS) is 17.4. The van der Waals surface area contributed by atoms with Gasteiger partial charge >= 0.3 is 0 Å². The summed E-state index contributed by atoms with van der Waals surface area (Å²) in [6.07, 6.45) is 3.52. The summed E-state index contributed by atoms with van der Waals surface area (Å²) in [6, 6.07) is 11.7. The molecular weight excluding hydrogens is 308 g/mol. The molecule has 2 aromatic rings. The van der Waals surface area contributed by atoms with E-state index in [9.17, 15) is 4.39 Å². The lowest BCUT2D eigenvalue weighted by Crippen LogP contribution is -2.18. The summed E-state index contributed by atoms with van der Waals surface area (Å²) >= 11 is 11.6. The van der Waals surface area contributed by atoms with Crippen molar-refractivity contribution in [3.05, 3.63) is 63.4 Å². The fraction of sp³-hybridized carbons (Fsp3) is 0.294. The highest BCUT2D eigenvalue weighted by atomic mass is 35.5. The van der Waals surface area contributed by atoms with Gasteiger partial charge in [-0.2, -0.15) is 0 Å². The van der Waals surface area contributed by atoms with Gasteiger partial charge in [0.1, 0.15) is 0 Å². The van der Waals surface area contributed by atoms with Crippen molar-refractivity contribution in [3.63, 3.8) is 0 Å². The lowest BCUT2D eigenvalue weighted by Gasteiger charge is -2.26. The molecule has 0 bridgehead atoms. The molecule has 110 valence electrons. The van der Waals surface area contributed by atoms with Crippen LogP contribution in [-0.4, -0.2) is 6.54 Å². The lowest BCUT2D eigenvalue weighted by atomic mass is 9.83. The van der Waals surface area contributed by atoms with Crippen molar-refractivity contribution in [1.82, 2.24) is 0 Å². The summed E-state index contributed by atoms with van der Waals surface area (Å²) in [5.41, 5.74) is 3.61. The largest absolute Gasteiger partial charge is 0.384 e. The molecule has 1 nitrogen and oxygen atoms in total. The highest BCUT2D eigenvalue weighted by Crippen LogP contribution is 2.32. The highest BCUT2D eigenvalue weighted by molar-refractivity contribution is 6.35. The first-order valence-electron chi connectivity index (χ1n) is 7.11. The Morgan fingerprint density at radius 3 is 2.62 bits per heavy atom. The predicted octanol–water partition coefficient (Wildman–Crippen LogP) is 5.66. The zero-order chi connectivity index (χ0) is 14.8. The van der Waals surface area contributed by atoms with Crippen molar-refractivity contribution in [1.29, 1.82) is 0 Å². The average molecular weight is 324 g/mol. The van der Waals surface area contributed by atoms with Crippen LogP contribution in [0.5, 0.6) is 0 Å². The van der Waals surface area contributed by atoms with Gasteiger partial charge in [0, 0.05) is 18.2 Å². The van der Waals surface area contributed by atoms with E-state index >= 15 is 0 Å². The maximum absolute atomic E-state index is 13.4. The summed E-state index contributed by atoms with van der Waals surface area (Å²) in [7, 11) is 0. The second-order valence-corrected chi connectivity index (χ2v) is 6.24. The summed E-state index contributed by atoms with van der Waals surface area (Å²) in [5.74, 6) is -0.0931. The molecule has 1 unspecified atom stereocenters. The molecule has 1 aliphatic carbocycles. The van der Waals surface area contributed by atoms with Crippen LogP contribution in [0.25, 0.3) is 0 Å². The molecule has 2 aromatic carbocycles. The number of halogens is 3. The van der Waals surface area contributed by atoms with Crippen LogP contribution in [0.15, 0.2) is 36.4 Å². The van der Waals surface area contributed by atoms with Crippen LogP contribution < -0.4 is 5.32 Å². The van der Waals surface area contributed by atoms with Crippen molar-refractivity contribution < 1.29 is 4.39 Å². The van der Waals surface area contributed by atoms with E-state index in [1.54, 1.807) is 12.1 Å². The fourth-order valence-corrected chi connectivity index (χ4v) is 3.45. The third kappa shape index (κ3) is 3.17. The average Bonchev–Trinajstić information content (AvgIpc) is 2.50. The van der Waals surface area contributed by atoms with Gasteiger partial charge in [-0.1, -0.05) is 47.5 Å².